The molecule has 1 atom stereocenters. The van der Waals surface area contributed by atoms with Gasteiger partial charge in [-0.25, -0.2) is 4.79 Å². The number of nitrogens with one attached hydrogen (secondary N) is 1. The molecule has 9 nitrogen and oxygen atoms in total. The molecule has 3 aromatic carbocycles. The molecule has 64 heavy (non-hydrogen) atoms. The first-order valence-corrected chi connectivity index (χ1v) is 23.4. The molecule has 0 bridgehead atoms. The Hall–Kier alpha value is -5.81. The van der Waals surface area contributed by atoms with Crippen LogP contribution in [0.25, 0.3) is 20.5 Å². The van der Waals surface area contributed by atoms with Gasteiger partial charge < -0.3 is 24.6 Å². The Morgan fingerprint density at radius 1 is 0.766 bits per heavy atom. The Morgan fingerprint density at radius 3 is 1.94 bits per heavy atom. The van der Waals surface area contributed by atoms with Gasteiger partial charge in [0.05, 0.1) is 13.2 Å². The zero-order chi connectivity index (χ0) is 45.4. The number of aromatic hydroxyl groups is 1. The number of hydrogen-bond acceptors (Lipinski definition) is 9. The van der Waals surface area contributed by atoms with Crippen LogP contribution in [-0.2, 0) is 14.3 Å². The van der Waals surface area contributed by atoms with Gasteiger partial charge in [-0.2, -0.15) is 0 Å². The number of carbonyl (C=O) groups is 3. The summed E-state index contributed by atoms with van der Waals surface area (Å²) in [4.78, 5) is 43.7. The van der Waals surface area contributed by atoms with Crippen molar-refractivity contribution in [3.63, 3.8) is 0 Å². The lowest BCUT2D eigenvalue weighted by Gasteiger charge is -2.26. The number of morpholine rings is 1. The number of rotatable bonds is 25. The van der Waals surface area contributed by atoms with Crippen molar-refractivity contribution in [2.75, 3.05) is 39.5 Å². The fourth-order valence-corrected chi connectivity index (χ4v) is 8.16. The van der Waals surface area contributed by atoms with E-state index in [-0.39, 0.29) is 29.8 Å². The van der Waals surface area contributed by atoms with E-state index < -0.39 is 12.0 Å². The zero-order valence-corrected chi connectivity index (χ0v) is 38.4. The summed E-state index contributed by atoms with van der Waals surface area (Å²) >= 11 is 1.40. The van der Waals surface area contributed by atoms with Gasteiger partial charge in [-0.3, -0.25) is 14.5 Å². The first kappa shape index (κ1) is 49.2. The van der Waals surface area contributed by atoms with Crippen LogP contribution in [0.4, 0.5) is 0 Å². The van der Waals surface area contributed by atoms with Crippen LogP contribution in [0.2, 0.25) is 0 Å². The van der Waals surface area contributed by atoms with E-state index in [9.17, 15) is 19.5 Å². The Balaban J connectivity index is 1.12. The zero-order valence-electron chi connectivity index (χ0n) is 37.6. The van der Waals surface area contributed by atoms with E-state index in [2.05, 4.69) is 77.9 Å². The number of ether oxygens (including phenoxy) is 3. The highest BCUT2D eigenvalue weighted by molar-refractivity contribution is 7.22. The van der Waals surface area contributed by atoms with Crippen LogP contribution in [0.15, 0.2) is 140 Å². The molecule has 338 valence electrons. The molecule has 5 rings (SSSR count). The number of hydrogen-bond donors (Lipinski definition) is 2. The standard InChI is InChI=1S/C54H64N2O7S/c1-4-5-6-7-8-9-10-11-12-13-14-15-16-17-18-19-20-21-22-23-49(58)55-51(41(2)3)54(60)63-46-32-33-47-48(40-46)64-53(43-24-28-44(57)29-25-43)50(47)52(59)42-26-30-45(31-27-42)62-39-36-56-34-37-61-38-35-56/h5-6,8-9,11-12,14-15,17-18,20-21,24-33,40-41,51,57H,4,7,10,13,16,19,22-23,34-39H2,1-3H3,(H,55,58)/t51-/m0/s1. The third-order valence-electron chi connectivity index (χ3n) is 10.5. The van der Waals surface area contributed by atoms with Crippen molar-refractivity contribution in [3.8, 4) is 27.7 Å². The molecule has 4 aromatic rings. The molecule has 0 radical (unpaired) electrons. The van der Waals surface area contributed by atoms with Crippen LogP contribution in [-0.4, -0.2) is 73.2 Å². The smallest absolute Gasteiger partial charge is 0.334 e. The highest BCUT2D eigenvalue weighted by Crippen LogP contribution is 2.42. The maximum absolute atomic E-state index is 14.2. The molecule has 1 fully saturated rings. The van der Waals surface area contributed by atoms with Crippen molar-refractivity contribution in [2.45, 2.75) is 78.2 Å². The quantitative estimate of drug-likeness (QED) is 0.0293. The summed E-state index contributed by atoms with van der Waals surface area (Å²) in [5.74, 6) is -0.0343. The third kappa shape index (κ3) is 16.4. The SMILES string of the molecule is CCC=CCC=CCC=CCC=CCC=CCC=CCCC(=O)N[C@H](C(=O)Oc1ccc2c(C(=O)c3ccc(OCCN4CCOCC4)cc3)c(-c3ccc(O)cc3)sc2c1)C(C)C. The molecule has 2 N–H and O–H groups in total. The van der Waals surface area contributed by atoms with Gasteiger partial charge in [-0.15, -0.1) is 11.3 Å². The molecule has 1 saturated heterocycles. The second-order valence-electron chi connectivity index (χ2n) is 15.8. The van der Waals surface area contributed by atoms with E-state index in [1.165, 1.54) is 11.3 Å². The van der Waals surface area contributed by atoms with Gasteiger partial charge >= 0.3 is 5.97 Å². The molecule has 0 unspecified atom stereocenters. The summed E-state index contributed by atoms with van der Waals surface area (Å²) < 4.78 is 18.0. The molecule has 0 spiro atoms. The van der Waals surface area contributed by atoms with Crippen molar-refractivity contribution < 1.29 is 33.7 Å². The van der Waals surface area contributed by atoms with E-state index in [1.54, 1.807) is 54.6 Å². The average molecular weight is 885 g/mol. The van der Waals surface area contributed by atoms with Gasteiger partial charge in [-0.05, 0) is 123 Å². The van der Waals surface area contributed by atoms with E-state index in [4.69, 9.17) is 14.2 Å². The van der Waals surface area contributed by atoms with Crippen molar-refractivity contribution in [1.29, 1.82) is 0 Å². The summed E-state index contributed by atoms with van der Waals surface area (Å²) in [6.07, 6.45) is 32.2. The minimum atomic E-state index is -0.840. The van der Waals surface area contributed by atoms with Crippen molar-refractivity contribution >= 4 is 39.1 Å². The molecular weight excluding hydrogens is 821 g/mol. The van der Waals surface area contributed by atoms with Crippen molar-refractivity contribution in [3.05, 3.63) is 151 Å². The minimum absolute atomic E-state index is 0.122. The Morgan fingerprint density at radius 2 is 1.34 bits per heavy atom. The average Bonchev–Trinajstić information content (AvgIpc) is 3.68. The maximum Gasteiger partial charge on any atom is 0.334 e. The van der Waals surface area contributed by atoms with Crippen molar-refractivity contribution in [1.82, 2.24) is 10.2 Å². The third-order valence-corrected chi connectivity index (χ3v) is 11.7. The molecule has 1 amide bonds. The van der Waals surface area contributed by atoms with E-state index in [0.29, 0.717) is 41.0 Å². The number of phenolic OH excluding ortho intramolecular Hbond substituents is 1. The monoisotopic (exact) mass is 884 g/mol. The highest BCUT2D eigenvalue weighted by Gasteiger charge is 2.27. The van der Waals surface area contributed by atoms with Crippen LogP contribution in [0, 0.1) is 5.92 Å². The number of benzene rings is 3. The lowest BCUT2D eigenvalue weighted by atomic mass is 9.97. The number of thiophene rings is 1. The Labute approximate surface area is 383 Å². The molecule has 10 heteroatoms. The maximum atomic E-state index is 14.2. The molecular formula is C54H64N2O7S. The lowest BCUT2D eigenvalue weighted by molar-refractivity contribution is -0.140. The summed E-state index contributed by atoms with van der Waals surface area (Å²) in [6.45, 7) is 10.5. The summed E-state index contributed by atoms with van der Waals surface area (Å²) in [7, 11) is 0. The Bertz CT molecular complexity index is 2260. The van der Waals surface area contributed by atoms with Gasteiger partial charge in [0.1, 0.15) is 29.9 Å². The summed E-state index contributed by atoms with van der Waals surface area (Å²) in [5, 5.41) is 13.6. The fraction of sp³-hybridized carbons (Fsp3) is 0.352. The topological polar surface area (TPSA) is 114 Å². The summed E-state index contributed by atoms with van der Waals surface area (Å²) in [6, 6.07) is 18.3. The van der Waals surface area contributed by atoms with Crippen LogP contribution < -0.4 is 14.8 Å². The number of nitrogens with zero attached hydrogens (tertiary/aromatic N) is 1. The number of phenols is 1. The minimum Gasteiger partial charge on any atom is -0.508 e. The van der Waals surface area contributed by atoms with E-state index in [1.807, 2.05) is 38.1 Å². The van der Waals surface area contributed by atoms with E-state index in [0.717, 1.165) is 86.5 Å². The Kier molecular flexibility index (Phi) is 21.1. The number of carbonyl (C=O) groups excluding carboxylic acids is 3. The molecule has 0 aliphatic carbocycles. The van der Waals surface area contributed by atoms with Crippen molar-refractivity contribution in [2.24, 2.45) is 5.92 Å². The summed E-state index contributed by atoms with van der Waals surface area (Å²) in [5.41, 5.74) is 1.80. The number of esters is 1. The van der Waals surface area contributed by atoms with Crippen LogP contribution >= 0.6 is 11.3 Å². The second kappa shape index (κ2) is 27.4. The first-order valence-electron chi connectivity index (χ1n) is 22.6. The predicted octanol–water partition coefficient (Wildman–Crippen LogP) is 11.7. The van der Waals surface area contributed by atoms with Gasteiger partial charge in [0.2, 0.25) is 5.91 Å². The molecule has 1 aromatic heterocycles. The second-order valence-corrected chi connectivity index (χ2v) is 16.9. The molecule has 1 aliphatic rings. The number of ketones is 1. The largest absolute Gasteiger partial charge is 0.508 e. The lowest BCUT2D eigenvalue weighted by Crippen LogP contribution is -2.46. The highest BCUT2D eigenvalue weighted by atomic mass is 32.1. The number of fused-ring (bicyclic) bond motifs is 1. The normalized spacial score (nSPS) is 14.4. The van der Waals surface area contributed by atoms with Gasteiger partial charge in [0.25, 0.3) is 0 Å². The van der Waals surface area contributed by atoms with Crippen LogP contribution in [0.5, 0.6) is 17.2 Å². The predicted molar refractivity (Wildman–Crippen MR) is 261 cm³/mol. The van der Waals surface area contributed by atoms with Crippen LogP contribution in [0.3, 0.4) is 0 Å². The molecule has 2 heterocycles. The fourth-order valence-electron chi connectivity index (χ4n) is 6.92. The van der Waals surface area contributed by atoms with Gasteiger partial charge in [0.15, 0.2) is 5.78 Å². The van der Waals surface area contributed by atoms with E-state index >= 15 is 0 Å². The first-order chi connectivity index (χ1) is 31.2. The van der Waals surface area contributed by atoms with Gasteiger partial charge in [-0.1, -0.05) is 93.7 Å². The van der Waals surface area contributed by atoms with Gasteiger partial charge in [0, 0.05) is 52.1 Å². The molecule has 1 aliphatic heterocycles. The van der Waals surface area contributed by atoms with Crippen LogP contribution in [0.1, 0.15) is 88.1 Å². The molecule has 0 saturated carbocycles. The number of amides is 1. The number of allylic oxidation sites excluding steroid dienone is 12.